The van der Waals surface area contributed by atoms with Crippen molar-refractivity contribution in [1.29, 1.82) is 0 Å². The molecule has 0 fully saturated rings. The number of carbonyl (C=O) groups excluding carboxylic acids is 1. The van der Waals surface area contributed by atoms with Crippen LogP contribution in [0.25, 0.3) is 10.9 Å². The van der Waals surface area contributed by atoms with Gasteiger partial charge in [-0.15, -0.1) is 0 Å². The number of para-hydroxylation sites is 1. The summed E-state index contributed by atoms with van der Waals surface area (Å²) in [6, 6.07) is 21.8. The molecule has 7 heteroatoms. The molecule has 5 nitrogen and oxygen atoms in total. The number of aryl methyl sites for hydroxylation is 1. The van der Waals surface area contributed by atoms with Gasteiger partial charge in [0.25, 0.3) is 0 Å². The van der Waals surface area contributed by atoms with Gasteiger partial charge in [0.05, 0.1) is 35.2 Å². The van der Waals surface area contributed by atoms with Crippen molar-refractivity contribution >= 4 is 36.0 Å². The number of hydrogen-bond acceptors (Lipinski definition) is 6. The Bertz CT molecular complexity index is 1060. The van der Waals surface area contributed by atoms with Crippen molar-refractivity contribution in [2.24, 2.45) is 5.92 Å². The van der Waals surface area contributed by atoms with Gasteiger partial charge >= 0.3 is 5.97 Å². The number of hydrogen-bond donors (Lipinski definition) is 0. The maximum absolute atomic E-state index is 13.7. The lowest BCUT2D eigenvalue weighted by Crippen LogP contribution is -2.23. The van der Waals surface area contributed by atoms with Gasteiger partial charge in [0.2, 0.25) is 7.37 Å². The van der Waals surface area contributed by atoms with E-state index in [-0.39, 0.29) is 17.6 Å². The number of benzene rings is 2. The van der Waals surface area contributed by atoms with Crippen LogP contribution in [0.4, 0.5) is 0 Å². The molecule has 3 aromatic rings. The molecular weight excluding hydrogens is 441 g/mol. The van der Waals surface area contributed by atoms with Crippen LogP contribution in [0.3, 0.4) is 0 Å². The number of carbonyl (C=O) groups is 1. The van der Waals surface area contributed by atoms with Crippen molar-refractivity contribution in [1.82, 2.24) is 4.98 Å². The summed E-state index contributed by atoms with van der Waals surface area (Å²) < 4.78 is 24.7. The maximum atomic E-state index is 13.7. The largest absolute Gasteiger partial charge is 0.466 e. The lowest BCUT2D eigenvalue weighted by Gasteiger charge is -2.23. The van der Waals surface area contributed by atoms with Crippen LogP contribution in [0.2, 0.25) is 0 Å². The molecule has 0 aliphatic rings. The molecule has 1 heterocycles. The molecular formula is C25H30NO4PS. The molecule has 2 atom stereocenters. The molecule has 0 saturated carbocycles. The fourth-order valence-electron chi connectivity index (χ4n) is 3.54. The molecule has 0 bridgehead atoms. The highest BCUT2D eigenvalue weighted by Gasteiger charge is 2.32. The monoisotopic (exact) mass is 471 g/mol. The van der Waals surface area contributed by atoms with Gasteiger partial charge < -0.3 is 9.26 Å². The van der Waals surface area contributed by atoms with Crippen LogP contribution in [0.5, 0.6) is 0 Å². The Kier molecular flexibility index (Phi) is 9.34. The van der Waals surface area contributed by atoms with Gasteiger partial charge in [-0.05, 0) is 44.4 Å². The second kappa shape index (κ2) is 12.2. The first-order valence-corrected chi connectivity index (χ1v) is 13.9. The van der Waals surface area contributed by atoms with Crippen LogP contribution in [-0.4, -0.2) is 35.8 Å². The summed E-state index contributed by atoms with van der Waals surface area (Å²) in [5, 5.41) is 1.86. The molecule has 32 heavy (non-hydrogen) atoms. The summed E-state index contributed by atoms with van der Waals surface area (Å²) in [5.41, 5.74) is 2.31. The number of fused-ring (bicyclic) bond motifs is 1. The highest BCUT2D eigenvalue weighted by atomic mass is 32.2. The van der Waals surface area contributed by atoms with Crippen molar-refractivity contribution in [3.63, 3.8) is 0 Å². The van der Waals surface area contributed by atoms with Crippen LogP contribution >= 0.6 is 19.1 Å². The van der Waals surface area contributed by atoms with E-state index in [1.807, 2.05) is 73.7 Å². The van der Waals surface area contributed by atoms with Crippen molar-refractivity contribution < 1.29 is 18.6 Å². The molecule has 0 aliphatic carbocycles. The lowest BCUT2D eigenvalue weighted by molar-refractivity contribution is -0.147. The third kappa shape index (κ3) is 7.19. The fraction of sp³-hybridized carbons (Fsp3) is 0.360. The Morgan fingerprint density at radius 2 is 1.75 bits per heavy atom. The van der Waals surface area contributed by atoms with Crippen LogP contribution in [-0.2, 0) is 25.0 Å². The van der Waals surface area contributed by atoms with E-state index >= 15 is 0 Å². The third-order valence-electron chi connectivity index (χ3n) is 5.09. The molecule has 0 N–H and O–H groups in total. The third-order valence-corrected chi connectivity index (χ3v) is 9.43. The number of aromatic nitrogens is 1. The van der Waals surface area contributed by atoms with Gasteiger partial charge in [-0.3, -0.25) is 9.36 Å². The molecule has 170 valence electrons. The summed E-state index contributed by atoms with van der Waals surface area (Å²) in [7, 11) is -3.08. The second-order valence-electron chi connectivity index (χ2n) is 7.50. The van der Waals surface area contributed by atoms with Gasteiger partial charge in [0.1, 0.15) is 0 Å². The summed E-state index contributed by atoms with van der Waals surface area (Å²) in [4.78, 5) is 17.3. The first-order chi connectivity index (χ1) is 15.5. The Labute approximate surface area is 194 Å². The Morgan fingerprint density at radius 1 is 1.00 bits per heavy atom. The highest BCUT2D eigenvalue weighted by Crippen LogP contribution is 2.53. The number of rotatable bonds is 12. The van der Waals surface area contributed by atoms with E-state index in [0.717, 1.165) is 27.9 Å². The van der Waals surface area contributed by atoms with E-state index in [9.17, 15) is 9.36 Å². The summed E-state index contributed by atoms with van der Waals surface area (Å²) in [6.45, 7) is 4.25. The van der Waals surface area contributed by atoms with Crippen molar-refractivity contribution in [3.8, 4) is 0 Å². The van der Waals surface area contributed by atoms with E-state index < -0.39 is 13.3 Å². The second-order valence-corrected chi connectivity index (χ2v) is 11.5. The van der Waals surface area contributed by atoms with Crippen LogP contribution in [0.1, 0.15) is 25.8 Å². The van der Waals surface area contributed by atoms with Crippen molar-refractivity contribution in [2.75, 3.05) is 24.9 Å². The lowest BCUT2D eigenvalue weighted by atomic mass is 10.0. The van der Waals surface area contributed by atoms with Gasteiger partial charge in [0, 0.05) is 11.5 Å². The normalized spacial score (nSPS) is 14.1. The van der Waals surface area contributed by atoms with E-state index in [0.29, 0.717) is 19.6 Å². The Morgan fingerprint density at radius 3 is 2.50 bits per heavy atom. The molecule has 0 spiro atoms. The number of nitrogens with zero attached hydrogens (tertiary/aromatic N) is 1. The molecule has 3 rings (SSSR count). The Balaban J connectivity index is 1.71. The first kappa shape index (κ1) is 24.5. The van der Waals surface area contributed by atoms with Gasteiger partial charge in [0.15, 0.2) is 0 Å². The van der Waals surface area contributed by atoms with E-state index in [1.54, 1.807) is 6.92 Å². The zero-order chi connectivity index (χ0) is 22.8. The summed E-state index contributed by atoms with van der Waals surface area (Å²) in [5.74, 6) is -0.783. The minimum absolute atomic E-state index is 0.174. The first-order valence-electron chi connectivity index (χ1n) is 10.9. The number of ether oxygens (including phenoxy) is 1. The standard InChI is InChI=1S/C25H30NO4PS/c1-3-29-25(27)22(15-14-20-10-6-5-7-11-20)18-31(28,30-4-2)19-32-24-17-16-21-12-8-9-13-23(21)26-24/h5-13,16-17,22H,3-4,14-15,18-19H2,1-2H3. The molecule has 2 aromatic carbocycles. The van der Waals surface area contributed by atoms with Crippen LogP contribution < -0.4 is 0 Å². The summed E-state index contributed by atoms with van der Waals surface area (Å²) >= 11 is 1.41. The predicted molar refractivity (Wildman–Crippen MR) is 131 cm³/mol. The highest BCUT2D eigenvalue weighted by molar-refractivity contribution is 8.05. The van der Waals surface area contributed by atoms with Gasteiger partial charge in [-0.1, -0.05) is 66.4 Å². The minimum atomic E-state index is -3.08. The molecule has 1 aromatic heterocycles. The predicted octanol–water partition coefficient (Wildman–Crippen LogP) is 6.41. The quantitative estimate of drug-likeness (QED) is 0.173. The molecule has 2 unspecified atom stereocenters. The molecule has 0 amide bonds. The topological polar surface area (TPSA) is 65.5 Å². The van der Waals surface area contributed by atoms with Gasteiger partial charge in [-0.2, -0.15) is 0 Å². The van der Waals surface area contributed by atoms with Crippen LogP contribution in [0.15, 0.2) is 71.8 Å². The SMILES string of the molecule is CCOC(=O)C(CCc1ccccc1)CP(=O)(CSc1ccc2ccccc2n1)OCC. The smallest absolute Gasteiger partial charge is 0.309 e. The molecule has 0 saturated heterocycles. The fourth-order valence-corrected chi connectivity index (χ4v) is 7.48. The van der Waals surface area contributed by atoms with E-state index in [2.05, 4.69) is 4.98 Å². The maximum Gasteiger partial charge on any atom is 0.309 e. The van der Waals surface area contributed by atoms with Crippen molar-refractivity contribution in [2.45, 2.75) is 31.7 Å². The zero-order valence-electron chi connectivity index (χ0n) is 18.6. The van der Waals surface area contributed by atoms with Crippen molar-refractivity contribution in [3.05, 3.63) is 72.3 Å². The average molecular weight is 472 g/mol. The van der Waals surface area contributed by atoms with E-state index in [4.69, 9.17) is 9.26 Å². The number of pyridine rings is 1. The summed E-state index contributed by atoms with van der Waals surface area (Å²) in [6.07, 6.45) is 1.46. The van der Waals surface area contributed by atoms with Crippen LogP contribution in [0, 0.1) is 5.92 Å². The number of thioether (sulfide) groups is 1. The van der Waals surface area contributed by atoms with Gasteiger partial charge in [-0.25, -0.2) is 4.98 Å². The molecule has 0 aliphatic heterocycles. The number of esters is 1. The Hall–Kier alpha value is -2.14. The van der Waals surface area contributed by atoms with E-state index in [1.165, 1.54) is 11.8 Å². The minimum Gasteiger partial charge on any atom is -0.466 e. The molecule has 0 radical (unpaired) electrons. The zero-order valence-corrected chi connectivity index (χ0v) is 20.3. The average Bonchev–Trinajstić information content (AvgIpc) is 2.81.